The van der Waals surface area contributed by atoms with Crippen LogP contribution in [-0.4, -0.2) is 20.2 Å². The first-order valence-corrected chi connectivity index (χ1v) is 6.94. The summed E-state index contributed by atoms with van der Waals surface area (Å²) in [6.07, 6.45) is 1.01. The molecule has 0 fully saturated rings. The normalized spacial score (nSPS) is 10.8. The molecule has 1 aromatic heterocycles. The van der Waals surface area contributed by atoms with Crippen LogP contribution in [0.2, 0.25) is 0 Å². The SMILES string of the molecule is CCc1ccc(-n2nnnc2-c2cccc(C)c2N)cc1. The fraction of sp³-hybridized carbons (Fsp3) is 0.188. The van der Waals surface area contributed by atoms with Gasteiger partial charge in [0, 0.05) is 11.3 Å². The van der Waals surface area contributed by atoms with Gasteiger partial charge in [0.25, 0.3) is 0 Å². The van der Waals surface area contributed by atoms with Crippen molar-refractivity contribution in [2.75, 3.05) is 5.73 Å². The minimum absolute atomic E-state index is 0.653. The maximum absolute atomic E-state index is 6.16. The third kappa shape index (κ3) is 2.38. The summed E-state index contributed by atoms with van der Waals surface area (Å²) in [6, 6.07) is 14.1. The lowest BCUT2D eigenvalue weighted by Gasteiger charge is -2.09. The number of rotatable bonds is 3. The quantitative estimate of drug-likeness (QED) is 0.748. The van der Waals surface area contributed by atoms with Gasteiger partial charge in [0.05, 0.1) is 5.69 Å². The van der Waals surface area contributed by atoms with Crippen LogP contribution in [0.25, 0.3) is 17.1 Å². The van der Waals surface area contributed by atoms with Crippen molar-refractivity contribution in [1.29, 1.82) is 0 Å². The van der Waals surface area contributed by atoms with Crippen LogP contribution < -0.4 is 5.73 Å². The van der Waals surface area contributed by atoms with Gasteiger partial charge in [-0.05, 0) is 53.1 Å². The van der Waals surface area contributed by atoms with Crippen molar-refractivity contribution in [3.63, 3.8) is 0 Å². The number of para-hydroxylation sites is 1. The zero-order chi connectivity index (χ0) is 14.8. The van der Waals surface area contributed by atoms with E-state index in [1.54, 1.807) is 4.68 Å². The first kappa shape index (κ1) is 13.3. The Kier molecular flexibility index (Phi) is 3.39. The zero-order valence-electron chi connectivity index (χ0n) is 12.1. The van der Waals surface area contributed by atoms with E-state index in [-0.39, 0.29) is 0 Å². The summed E-state index contributed by atoms with van der Waals surface area (Å²) in [6.45, 7) is 4.11. The first-order chi connectivity index (χ1) is 10.2. The summed E-state index contributed by atoms with van der Waals surface area (Å²) in [5.74, 6) is 0.653. The fourth-order valence-electron chi connectivity index (χ4n) is 2.28. The Hall–Kier alpha value is -2.69. The third-order valence-corrected chi connectivity index (χ3v) is 3.62. The molecule has 0 spiro atoms. The molecule has 0 aliphatic carbocycles. The van der Waals surface area contributed by atoms with E-state index in [1.807, 2.05) is 37.3 Å². The molecule has 5 heteroatoms. The molecule has 0 aliphatic heterocycles. The maximum atomic E-state index is 6.16. The second-order valence-corrected chi connectivity index (χ2v) is 4.97. The number of hydrogen-bond donors (Lipinski definition) is 1. The Morgan fingerprint density at radius 2 is 1.86 bits per heavy atom. The second-order valence-electron chi connectivity index (χ2n) is 4.97. The molecular formula is C16H17N5. The Morgan fingerprint density at radius 3 is 2.57 bits per heavy atom. The van der Waals surface area contributed by atoms with E-state index in [2.05, 4.69) is 34.6 Å². The van der Waals surface area contributed by atoms with Gasteiger partial charge in [-0.25, -0.2) is 0 Å². The summed E-state index contributed by atoms with van der Waals surface area (Å²) < 4.78 is 1.71. The molecule has 3 aromatic rings. The van der Waals surface area contributed by atoms with Crippen molar-refractivity contribution < 1.29 is 0 Å². The van der Waals surface area contributed by atoms with Crippen LogP contribution in [-0.2, 0) is 6.42 Å². The maximum Gasteiger partial charge on any atom is 0.189 e. The summed E-state index contributed by atoms with van der Waals surface area (Å²) in [7, 11) is 0. The number of nitrogens with two attached hydrogens (primary N) is 1. The predicted molar refractivity (Wildman–Crippen MR) is 83.1 cm³/mol. The Morgan fingerprint density at radius 1 is 1.10 bits per heavy atom. The molecule has 0 atom stereocenters. The smallest absolute Gasteiger partial charge is 0.189 e. The van der Waals surface area contributed by atoms with E-state index in [1.165, 1.54) is 5.56 Å². The van der Waals surface area contributed by atoms with Gasteiger partial charge < -0.3 is 5.73 Å². The van der Waals surface area contributed by atoms with Gasteiger partial charge in [0.2, 0.25) is 0 Å². The molecule has 0 unspecified atom stereocenters. The molecule has 2 aromatic carbocycles. The van der Waals surface area contributed by atoms with E-state index in [0.717, 1.165) is 23.2 Å². The third-order valence-electron chi connectivity index (χ3n) is 3.62. The number of tetrazole rings is 1. The van der Waals surface area contributed by atoms with Gasteiger partial charge in [-0.1, -0.05) is 31.2 Å². The van der Waals surface area contributed by atoms with E-state index < -0.39 is 0 Å². The van der Waals surface area contributed by atoms with Gasteiger partial charge in [-0.15, -0.1) is 5.10 Å². The standard InChI is InChI=1S/C16H17N5/c1-3-12-7-9-13(10-8-12)21-16(18-19-20-21)14-6-4-5-11(2)15(14)17/h4-10H,3,17H2,1-2H3. The average molecular weight is 279 g/mol. The number of nitrogen functional groups attached to an aromatic ring is 1. The molecule has 21 heavy (non-hydrogen) atoms. The fourth-order valence-corrected chi connectivity index (χ4v) is 2.28. The van der Waals surface area contributed by atoms with Gasteiger partial charge in [0.15, 0.2) is 5.82 Å². The molecule has 5 nitrogen and oxygen atoms in total. The molecule has 0 saturated heterocycles. The molecule has 0 amide bonds. The summed E-state index contributed by atoms with van der Waals surface area (Å²) >= 11 is 0. The number of aromatic nitrogens is 4. The minimum atomic E-state index is 0.653. The molecule has 3 rings (SSSR count). The highest BCUT2D eigenvalue weighted by Gasteiger charge is 2.14. The van der Waals surface area contributed by atoms with Gasteiger partial charge >= 0.3 is 0 Å². The van der Waals surface area contributed by atoms with Crippen LogP contribution in [0.3, 0.4) is 0 Å². The van der Waals surface area contributed by atoms with Crippen LogP contribution in [0.5, 0.6) is 0 Å². The minimum Gasteiger partial charge on any atom is -0.398 e. The van der Waals surface area contributed by atoms with Crippen LogP contribution in [0.15, 0.2) is 42.5 Å². The monoisotopic (exact) mass is 279 g/mol. The van der Waals surface area contributed by atoms with E-state index in [9.17, 15) is 0 Å². The highest BCUT2D eigenvalue weighted by atomic mass is 15.5. The lowest BCUT2D eigenvalue weighted by molar-refractivity contribution is 0.791. The van der Waals surface area contributed by atoms with Crippen molar-refractivity contribution in [3.8, 4) is 17.1 Å². The van der Waals surface area contributed by atoms with Gasteiger partial charge in [-0.2, -0.15) is 4.68 Å². The Bertz CT molecular complexity index is 759. The van der Waals surface area contributed by atoms with Crippen molar-refractivity contribution >= 4 is 5.69 Å². The predicted octanol–water partition coefficient (Wildman–Crippen LogP) is 2.78. The summed E-state index contributed by atoms with van der Waals surface area (Å²) in [5.41, 5.74) is 10.9. The molecule has 0 aliphatic rings. The van der Waals surface area contributed by atoms with E-state index in [0.29, 0.717) is 11.5 Å². The molecule has 0 saturated carbocycles. The van der Waals surface area contributed by atoms with Crippen LogP contribution in [0.1, 0.15) is 18.1 Å². The number of benzene rings is 2. The highest BCUT2D eigenvalue weighted by molar-refractivity contribution is 5.74. The molecular weight excluding hydrogens is 262 g/mol. The number of hydrogen-bond acceptors (Lipinski definition) is 4. The largest absolute Gasteiger partial charge is 0.398 e. The van der Waals surface area contributed by atoms with E-state index in [4.69, 9.17) is 5.73 Å². The average Bonchev–Trinajstić information content (AvgIpc) is 2.99. The summed E-state index contributed by atoms with van der Waals surface area (Å²) in [5, 5.41) is 12.0. The van der Waals surface area contributed by atoms with Crippen molar-refractivity contribution in [2.24, 2.45) is 0 Å². The molecule has 1 heterocycles. The first-order valence-electron chi connectivity index (χ1n) is 6.94. The second kappa shape index (κ2) is 5.36. The van der Waals surface area contributed by atoms with Gasteiger partial charge in [-0.3, -0.25) is 0 Å². The van der Waals surface area contributed by atoms with Crippen LogP contribution >= 0.6 is 0 Å². The molecule has 106 valence electrons. The zero-order valence-corrected chi connectivity index (χ0v) is 12.1. The van der Waals surface area contributed by atoms with Gasteiger partial charge in [0.1, 0.15) is 0 Å². The molecule has 0 bridgehead atoms. The van der Waals surface area contributed by atoms with Crippen LogP contribution in [0.4, 0.5) is 5.69 Å². The Labute approximate surface area is 123 Å². The summed E-state index contributed by atoms with van der Waals surface area (Å²) in [4.78, 5) is 0. The molecule has 0 radical (unpaired) electrons. The lowest BCUT2D eigenvalue weighted by Crippen LogP contribution is -2.02. The number of aryl methyl sites for hydroxylation is 2. The number of anilines is 1. The molecule has 2 N–H and O–H groups in total. The van der Waals surface area contributed by atoms with E-state index >= 15 is 0 Å². The van der Waals surface area contributed by atoms with Crippen molar-refractivity contribution in [3.05, 3.63) is 53.6 Å². The van der Waals surface area contributed by atoms with Crippen molar-refractivity contribution in [2.45, 2.75) is 20.3 Å². The lowest BCUT2D eigenvalue weighted by atomic mass is 10.1. The number of nitrogens with zero attached hydrogens (tertiary/aromatic N) is 4. The topological polar surface area (TPSA) is 69.6 Å². The van der Waals surface area contributed by atoms with Crippen LogP contribution in [0, 0.1) is 6.92 Å². The Balaban J connectivity index is 2.10. The van der Waals surface area contributed by atoms with Crippen molar-refractivity contribution in [1.82, 2.24) is 20.2 Å². The highest BCUT2D eigenvalue weighted by Crippen LogP contribution is 2.27.